The van der Waals surface area contributed by atoms with Gasteiger partial charge in [0.2, 0.25) is 11.6 Å². The van der Waals surface area contributed by atoms with E-state index in [9.17, 15) is 0 Å². The molecule has 0 aliphatic carbocycles. The average Bonchev–Trinajstić information content (AvgIpc) is 2.93. The number of hydrogen-bond donors (Lipinski definition) is 0. The number of rotatable bonds is 6. The Bertz CT molecular complexity index is 866. The summed E-state index contributed by atoms with van der Waals surface area (Å²) in [5.74, 6) is -1.94. The van der Waals surface area contributed by atoms with Gasteiger partial charge in [-0.2, -0.15) is 0 Å². The largest absolute Gasteiger partial charge is 0.350 e. The van der Waals surface area contributed by atoms with Crippen LogP contribution in [0.4, 0.5) is 0 Å². The second-order valence-electron chi connectivity index (χ2n) is 10.3. The van der Waals surface area contributed by atoms with Crippen LogP contribution < -0.4 is 0 Å². The molecule has 5 fully saturated rings. The van der Waals surface area contributed by atoms with Crippen LogP contribution in [0.2, 0.25) is 0 Å². The van der Waals surface area contributed by atoms with Crippen LogP contribution in [0.25, 0.3) is 0 Å². The molecule has 0 radical (unpaired) electrons. The van der Waals surface area contributed by atoms with Crippen LogP contribution >= 0.6 is 0 Å². The van der Waals surface area contributed by atoms with Gasteiger partial charge in [-0.3, -0.25) is 0 Å². The van der Waals surface area contributed by atoms with E-state index in [0.717, 1.165) is 50.5 Å². The molecule has 5 aliphatic rings. The van der Waals surface area contributed by atoms with E-state index in [-0.39, 0.29) is 6.10 Å². The molecule has 1 aromatic carbocycles. The summed E-state index contributed by atoms with van der Waals surface area (Å²) < 4.78 is 52.0. The molecule has 8 heteroatoms. The third-order valence-corrected chi connectivity index (χ3v) is 7.89. The maximum Gasteiger partial charge on any atom is 0.224 e. The number of benzene rings is 1. The predicted molar refractivity (Wildman–Crippen MR) is 129 cm³/mol. The fourth-order valence-electron chi connectivity index (χ4n) is 6.09. The Morgan fingerprint density at radius 2 is 1.61 bits per heavy atom. The van der Waals surface area contributed by atoms with Crippen LogP contribution in [-0.4, -0.2) is 68.7 Å². The first-order valence-corrected chi connectivity index (χ1v) is 13.6. The van der Waals surface area contributed by atoms with Gasteiger partial charge in [-0.15, -0.1) is 6.58 Å². The molecule has 0 N–H and O–H groups in total. The SMILES string of the molecule is C=CCCCO[C@@H]1O[C@@H]2COC(c3ccccc3)O[C@H]2[C@@H]2O[C@]3(CCCCO3)[C@@]3(CCCCO3)O[C@@H]12. The Kier molecular flexibility index (Phi) is 7.48. The molecule has 198 valence electrons. The third-order valence-electron chi connectivity index (χ3n) is 7.89. The molecule has 5 saturated heterocycles. The van der Waals surface area contributed by atoms with Gasteiger partial charge >= 0.3 is 0 Å². The first-order valence-electron chi connectivity index (χ1n) is 13.6. The van der Waals surface area contributed by atoms with E-state index in [2.05, 4.69) is 6.58 Å². The normalized spacial score (nSPS) is 42.6. The molecule has 5 aliphatic heterocycles. The lowest BCUT2D eigenvalue weighted by molar-refractivity contribution is -0.516. The monoisotopic (exact) mass is 502 g/mol. The van der Waals surface area contributed by atoms with Crippen molar-refractivity contribution in [1.82, 2.24) is 0 Å². The highest BCUT2D eigenvalue weighted by atomic mass is 16.8. The van der Waals surface area contributed by atoms with Gasteiger partial charge in [-0.25, -0.2) is 0 Å². The summed E-state index contributed by atoms with van der Waals surface area (Å²) in [6.07, 6.45) is 6.21. The van der Waals surface area contributed by atoms with Crippen LogP contribution in [0.15, 0.2) is 43.0 Å². The number of allylic oxidation sites excluding steroid dienone is 1. The van der Waals surface area contributed by atoms with Crippen molar-refractivity contribution < 1.29 is 37.9 Å². The van der Waals surface area contributed by atoms with E-state index in [0.29, 0.717) is 32.8 Å². The quantitative estimate of drug-likeness (QED) is 0.419. The van der Waals surface area contributed by atoms with Crippen molar-refractivity contribution >= 4 is 0 Å². The second kappa shape index (κ2) is 10.8. The Hall–Kier alpha value is -1.36. The van der Waals surface area contributed by atoms with Gasteiger partial charge in [-0.05, 0) is 38.5 Å². The molecular weight excluding hydrogens is 464 g/mol. The second-order valence-corrected chi connectivity index (χ2v) is 10.3. The van der Waals surface area contributed by atoms with Gasteiger partial charge in [0.15, 0.2) is 12.6 Å². The smallest absolute Gasteiger partial charge is 0.224 e. The number of fused-ring (bicyclic) bond motifs is 4. The molecule has 8 atom stereocenters. The predicted octanol–water partition coefficient (Wildman–Crippen LogP) is 4.39. The number of ether oxygens (including phenoxy) is 8. The summed E-state index contributed by atoms with van der Waals surface area (Å²) in [5.41, 5.74) is 0.961. The van der Waals surface area contributed by atoms with Gasteiger partial charge in [0.25, 0.3) is 0 Å². The van der Waals surface area contributed by atoms with Gasteiger partial charge in [0, 0.05) is 18.4 Å². The molecule has 36 heavy (non-hydrogen) atoms. The van der Waals surface area contributed by atoms with Crippen molar-refractivity contribution in [2.75, 3.05) is 26.4 Å². The maximum atomic E-state index is 6.99. The topological polar surface area (TPSA) is 73.8 Å². The average molecular weight is 503 g/mol. The molecule has 5 heterocycles. The van der Waals surface area contributed by atoms with Crippen molar-refractivity contribution in [2.24, 2.45) is 0 Å². The molecule has 0 bridgehead atoms. The molecule has 2 spiro atoms. The van der Waals surface area contributed by atoms with Crippen molar-refractivity contribution in [3.05, 3.63) is 48.6 Å². The highest BCUT2D eigenvalue weighted by Crippen LogP contribution is 2.52. The van der Waals surface area contributed by atoms with Crippen LogP contribution in [-0.2, 0) is 37.9 Å². The van der Waals surface area contributed by atoms with Gasteiger partial charge in [-0.1, -0.05) is 36.4 Å². The van der Waals surface area contributed by atoms with Crippen molar-refractivity contribution in [3.8, 4) is 0 Å². The Morgan fingerprint density at radius 3 is 2.28 bits per heavy atom. The Labute approximate surface area is 213 Å². The molecule has 0 aromatic heterocycles. The van der Waals surface area contributed by atoms with Crippen LogP contribution in [0.5, 0.6) is 0 Å². The van der Waals surface area contributed by atoms with Crippen LogP contribution in [0, 0.1) is 0 Å². The lowest BCUT2D eigenvalue weighted by atomic mass is 9.86. The molecular formula is C28H38O8. The summed E-state index contributed by atoms with van der Waals surface area (Å²) in [4.78, 5) is 0. The summed E-state index contributed by atoms with van der Waals surface area (Å²) in [5, 5.41) is 0. The minimum absolute atomic E-state index is 0.346. The summed E-state index contributed by atoms with van der Waals surface area (Å²) in [6.45, 7) is 5.95. The lowest BCUT2D eigenvalue weighted by Crippen LogP contribution is -2.76. The first kappa shape index (κ1) is 24.9. The van der Waals surface area contributed by atoms with Gasteiger partial charge in [0.05, 0.1) is 26.4 Å². The fraction of sp³-hybridized carbons (Fsp3) is 0.714. The zero-order valence-corrected chi connectivity index (χ0v) is 20.9. The molecule has 1 unspecified atom stereocenters. The highest BCUT2D eigenvalue weighted by Gasteiger charge is 2.68. The minimum atomic E-state index is -0.976. The molecule has 0 saturated carbocycles. The number of unbranched alkanes of at least 4 members (excludes halogenated alkanes) is 1. The van der Waals surface area contributed by atoms with E-state index in [1.807, 2.05) is 36.4 Å². The summed E-state index contributed by atoms with van der Waals surface area (Å²) in [6, 6.07) is 9.96. The van der Waals surface area contributed by atoms with Gasteiger partial charge in [0.1, 0.15) is 24.4 Å². The van der Waals surface area contributed by atoms with Crippen molar-refractivity contribution in [1.29, 1.82) is 0 Å². The standard InChI is InChI=1S/C28H38O8/c1-2-3-9-16-29-26-24-23(22-21(33-26)19-30-25(34-22)20-12-5-4-6-13-20)35-27(14-7-10-17-31-27)28(36-24)15-8-11-18-32-28/h2,4-6,12-13,21-26H,1,3,7-11,14-19H2/t21-,22-,23+,24-,25?,26-,27-,28-/m1/s1. The van der Waals surface area contributed by atoms with Gasteiger partial charge < -0.3 is 37.9 Å². The molecule has 1 aromatic rings. The minimum Gasteiger partial charge on any atom is -0.350 e. The van der Waals surface area contributed by atoms with E-state index < -0.39 is 42.5 Å². The highest BCUT2D eigenvalue weighted by molar-refractivity contribution is 5.17. The first-order chi connectivity index (χ1) is 17.7. The van der Waals surface area contributed by atoms with Crippen molar-refractivity contribution in [3.63, 3.8) is 0 Å². The van der Waals surface area contributed by atoms with E-state index in [4.69, 9.17) is 37.9 Å². The molecule has 8 nitrogen and oxygen atoms in total. The zero-order chi connectivity index (χ0) is 24.4. The van der Waals surface area contributed by atoms with E-state index >= 15 is 0 Å². The van der Waals surface area contributed by atoms with E-state index in [1.165, 1.54) is 0 Å². The Morgan fingerprint density at radius 1 is 0.889 bits per heavy atom. The van der Waals surface area contributed by atoms with E-state index in [1.54, 1.807) is 0 Å². The maximum absolute atomic E-state index is 6.99. The third kappa shape index (κ3) is 4.56. The number of hydrogen-bond acceptors (Lipinski definition) is 8. The Balaban J connectivity index is 1.30. The molecule has 0 amide bonds. The van der Waals surface area contributed by atoms with Crippen LogP contribution in [0.3, 0.4) is 0 Å². The van der Waals surface area contributed by atoms with Crippen LogP contribution in [0.1, 0.15) is 63.2 Å². The summed E-state index contributed by atoms with van der Waals surface area (Å²) in [7, 11) is 0. The van der Waals surface area contributed by atoms with Crippen molar-refractivity contribution in [2.45, 2.75) is 99.9 Å². The fourth-order valence-corrected chi connectivity index (χ4v) is 6.09. The molecule has 6 rings (SSSR count). The lowest BCUT2D eigenvalue weighted by Gasteiger charge is -2.61. The summed E-state index contributed by atoms with van der Waals surface area (Å²) >= 11 is 0. The zero-order valence-electron chi connectivity index (χ0n) is 20.9.